The van der Waals surface area contributed by atoms with Crippen LogP contribution in [0.3, 0.4) is 0 Å². The number of carbonyl (C=O) groups is 1. The Bertz CT molecular complexity index is 516. The van der Waals surface area contributed by atoms with Crippen molar-refractivity contribution >= 4 is 6.09 Å². The van der Waals surface area contributed by atoms with Crippen molar-refractivity contribution in [3.8, 4) is 0 Å². The standard InChI is InChI=1S/C11H13F3N2O4/c1-6-4-10(19,2-3-16(6)9(17)18)8-15-7(5-20-8)11(12,13)14/h5-6,19H,2-4H2,1H3,(H,17,18). The number of nitrogens with zero attached hydrogens (tertiary/aromatic N) is 2. The smallest absolute Gasteiger partial charge is 0.436 e. The van der Waals surface area contributed by atoms with Gasteiger partial charge in [0.05, 0.1) is 0 Å². The Kier molecular flexibility index (Phi) is 3.41. The topological polar surface area (TPSA) is 86.8 Å². The molecule has 2 unspecified atom stereocenters. The number of carboxylic acid groups (broad SMARTS) is 1. The summed E-state index contributed by atoms with van der Waals surface area (Å²) < 4.78 is 42.1. The fourth-order valence-electron chi connectivity index (χ4n) is 2.32. The molecule has 1 saturated heterocycles. The summed E-state index contributed by atoms with van der Waals surface area (Å²) in [6, 6.07) is -0.549. The molecule has 0 saturated carbocycles. The van der Waals surface area contributed by atoms with Gasteiger partial charge in [0.25, 0.3) is 0 Å². The van der Waals surface area contributed by atoms with Crippen molar-refractivity contribution in [3.05, 3.63) is 17.8 Å². The predicted molar refractivity (Wildman–Crippen MR) is 58.8 cm³/mol. The third-order valence-corrected chi connectivity index (χ3v) is 3.37. The van der Waals surface area contributed by atoms with Crippen molar-refractivity contribution in [1.82, 2.24) is 9.88 Å². The van der Waals surface area contributed by atoms with E-state index in [9.17, 15) is 23.1 Å². The van der Waals surface area contributed by atoms with Crippen LogP contribution in [0.4, 0.5) is 18.0 Å². The number of hydrogen-bond acceptors (Lipinski definition) is 4. The van der Waals surface area contributed by atoms with E-state index in [-0.39, 0.29) is 19.4 Å². The molecule has 20 heavy (non-hydrogen) atoms. The summed E-state index contributed by atoms with van der Waals surface area (Å²) >= 11 is 0. The molecular weight excluding hydrogens is 281 g/mol. The highest BCUT2D eigenvalue weighted by Crippen LogP contribution is 2.37. The quantitative estimate of drug-likeness (QED) is 0.827. The molecule has 1 aliphatic heterocycles. The normalized spacial score (nSPS) is 27.6. The summed E-state index contributed by atoms with van der Waals surface area (Å²) in [6.45, 7) is 1.56. The van der Waals surface area contributed by atoms with E-state index in [1.54, 1.807) is 6.92 Å². The molecule has 0 radical (unpaired) electrons. The van der Waals surface area contributed by atoms with E-state index in [1.807, 2.05) is 0 Å². The second-order valence-electron chi connectivity index (χ2n) is 4.85. The first-order valence-corrected chi connectivity index (χ1v) is 5.88. The Labute approximate surface area is 111 Å². The summed E-state index contributed by atoms with van der Waals surface area (Å²) in [7, 11) is 0. The second kappa shape index (κ2) is 4.65. The number of piperidine rings is 1. The highest BCUT2D eigenvalue weighted by Gasteiger charge is 2.45. The minimum Gasteiger partial charge on any atom is -0.465 e. The fraction of sp³-hybridized carbons (Fsp3) is 0.636. The maximum absolute atomic E-state index is 12.4. The van der Waals surface area contributed by atoms with E-state index in [1.165, 1.54) is 0 Å². The first-order chi connectivity index (χ1) is 9.13. The molecule has 0 spiro atoms. The fourth-order valence-corrected chi connectivity index (χ4v) is 2.32. The zero-order valence-electron chi connectivity index (χ0n) is 10.5. The summed E-state index contributed by atoms with van der Waals surface area (Å²) in [5.41, 5.74) is -2.90. The molecule has 9 heteroatoms. The van der Waals surface area contributed by atoms with E-state index in [0.29, 0.717) is 6.26 Å². The van der Waals surface area contributed by atoms with Gasteiger partial charge >= 0.3 is 12.3 Å². The van der Waals surface area contributed by atoms with Gasteiger partial charge in [-0.15, -0.1) is 0 Å². The summed E-state index contributed by atoms with van der Waals surface area (Å²) in [4.78, 5) is 15.3. The van der Waals surface area contributed by atoms with Gasteiger partial charge in [-0.1, -0.05) is 0 Å². The molecule has 6 nitrogen and oxygen atoms in total. The maximum atomic E-state index is 12.4. The molecule has 1 amide bonds. The van der Waals surface area contributed by atoms with Crippen LogP contribution in [0.5, 0.6) is 0 Å². The highest BCUT2D eigenvalue weighted by molar-refractivity contribution is 5.65. The summed E-state index contributed by atoms with van der Waals surface area (Å²) in [5.74, 6) is -0.429. The maximum Gasteiger partial charge on any atom is 0.436 e. The largest absolute Gasteiger partial charge is 0.465 e. The van der Waals surface area contributed by atoms with Crippen LogP contribution in [0.25, 0.3) is 0 Å². The molecule has 1 aliphatic rings. The number of alkyl halides is 3. The molecule has 1 fully saturated rings. The van der Waals surface area contributed by atoms with E-state index in [2.05, 4.69) is 4.98 Å². The molecule has 2 heterocycles. The molecule has 2 rings (SSSR count). The van der Waals surface area contributed by atoms with Gasteiger partial charge in [-0.2, -0.15) is 13.2 Å². The van der Waals surface area contributed by atoms with Gasteiger partial charge in [0.15, 0.2) is 5.69 Å². The zero-order chi connectivity index (χ0) is 15.1. The average molecular weight is 294 g/mol. The van der Waals surface area contributed by atoms with Gasteiger partial charge in [-0.3, -0.25) is 0 Å². The molecule has 0 aliphatic carbocycles. The summed E-state index contributed by atoms with van der Waals surface area (Å²) in [5, 5.41) is 19.3. The first-order valence-electron chi connectivity index (χ1n) is 5.88. The Balaban J connectivity index is 2.21. The molecule has 0 bridgehead atoms. The van der Waals surface area contributed by atoms with Crippen LogP contribution in [-0.2, 0) is 11.8 Å². The van der Waals surface area contributed by atoms with Gasteiger partial charge in [-0.05, 0) is 6.92 Å². The Hall–Kier alpha value is -1.77. The van der Waals surface area contributed by atoms with Gasteiger partial charge in [0, 0.05) is 25.4 Å². The molecule has 112 valence electrons. The number of likely N-dealkylation sites (tertiary alicyclic amines) is 1. The van der Waals surface area contributed by atoms with Crippen molar-refractivity contribution in [3.63, 3.8) is 0 Å². The van der Waals surface area contributed by atoms with Crippen molar-refractivity contribution in [2.45, 2.75) is 37.6 Å². The number of halogens is 3. The lowest BCUT2D eigenvalue weighted by atomic mass is 9.87. The number of aliphatic hydroxyl groups is 1. The van der Waals surface area contributed by atoms with Crippen LogP contribution in [0.1, 0.15) is 31.4 Å². The van der Waals surface area contributed by atoms with Crippen LogP contribution < -0.4 is 0 Å². The molecule has 2 N–H and O–H groups in total. The lowest BCUT2D eigenvalue weighted by Crippen LogP contribution is -2.50. The summed E-state index contributed by atoms with van der Waals surface area (Å²) in [6.07, 6.45) is -5.48. The van der Waals surface area contributed by atoms with Crippen LogP contribution in [0.2, 0.25) is 0 Å². The Morgan fingerprint density at radius 3 is 2.70 bits per heavy atom. The third kappa shape index (κ3) is 2.58. The molecule has 2 atom stereocenters. The third-order valence-electron chi connectivity index (χ3n) is 3.37. The lowest BCUT2D eigenvalue weighted by Gasteiger charge is -2.39. The Morgan fingerprint density at radius 2 is 2.25 bits per heavy atom. The molecular formula is C11H13F3N2O4. The molecule has 0 aromatic carbocycles. The van der Waals surface area contributed by atoms with Crippen LogP contribution >= 0.6 is 0 Å². The first kappa shape index (κ1) is 14.6. The van der Waals surface area contributed by atoms with Gasteiger partial charge in [-0.25, -0.2) is 9.78 Å². The number of amides is 1. The average Bonchev–Trinajstić information content (AvgIpc) is 2.77. The second-order valence-corrected chi connectivity index (χ2v) is 4.85. The van der Waals surface area contributed by atoms with Gasteiger partial charge in [0.2, 0.25) is 5.89 Å². The lowest BCUT2D eigenvalue weighted by molar-refractivity contribution is -0.141. The zero-order valence-corrected chi connectivity index (χ0v) is 10.5. The van der Waals surface area contributed by atoms with Crippen molar-refractivity contribution in [1.29, 1.82) is 0 Å². The number of rotatable bonds is 1. The van der Waals surface area contributed by atoms with Crippen molar-refractivity contribution in [2.24, 2.45) is 0 Å². The number of aromatic nitrogens is 1. The molecule has 1 aromatic rings. The van der Waals surface area contributed by atoms with E-state index >= 15 is 0 Å². The van der Waals surface area contributed by atoms with Crippen LogP contribution in [0, 0.1) is 0 Å². The minimum absolute atomic E-state index is 0.00324. The molecule has 1 aromatic heterocycles. The van der Waals surface area contributed by atoms with E-state index < -0.39 is 35.5 Å². The predicted octanol–water partition coefficient (Wildman–Crippen LogP) is 2.04. The number of hydrogen-bond donors (Lipinski definition) is 2. The van der Waals surface area contributed by atoms with Crippen molar-refractivity contribution < 1.29 is 32.6 Å². The minimum atomic E-state index is -4.65. The van der Waals surface area contributed by atoms with E-state index in [0.717, 1.165) is 4.90 Å². The van der Waals surface area contributed by atoms with Gasteiger partial charge in [0.1, 0.15) is 11.9 Å². The van der Waals surface area contributed by atoms with Crippen LogP contribution in [-0.4, -0.2) is 38.8 Å². The van der Waals surface area contributed by atoms with Crippen LogP contribution in [0.15, 0.2) is 10.7 Å². The van der Waals surface area contributed by atoms with Crippen molar-refractivity contribution in [2.75, 3.05) is 6.54 Å². The Morgan fingerprint density at radius 1 is 1.60 bits per heavy atom. The SMILES string of the molecule is CC1CC(O)(c2nc(C(F)(F)F)co2)CCN1C(=O)O. The van der Waals surface area contributed by atoms with Gasteiger partial charge < -0.3 is 19.5 Å². The number of oxazole rings is 1. The monoisotopic (exact) mass is 294 g/mol. The highest BCUT2D eigenvalue weighted by atomic mass is 19.4. The van der Waals surface area contributed by atoms with E-state index in [4.69, 9.17) is 9.52 Å².